The zero-order chi connectivity index (χ0) is 19.2. The number of urea groups is 1. The van der Waals surface area contributed by atoms with Gasteiger partial charge in [0.2, 0.25) is 0 Å². The van der Waals surface area contributed by atoms with Gasteiger partial charge in [0.1, 0.15) is 5.82 Å². The molecule has 0 radical (unpaired) electrons. The highest BCUT2D eigenvalue weighted by atomic mass is 19.4. The minimum absolute atomic E-state index is 0.247. The lowest BCUT2D eigenvalue weighted by Gasteiger charge is -2.29. The Morgan fingerprint density at radius 3 is 2.81 bits per heavy atom. The van der Waals surface area contributed by atoms with E-state index in [0.29, 0.717) is 30.7 Å². The first-order valence-corrected chi connectivity index (χ1v) is 8.05. The maximum atomic E-state index is 13.5. The van der Waals surface area contributed by atoms with Crippen LogP contribution < -0.4 is 5.32 Å². The van der Waals surface area contributed by atoms with Crippen molar-refractivity contribution in [3.8, 4) is 0 Å². The van der Waals surface area contributed by atoms with Gasteiger partial charge in [0, 0.05) is 30.4 Å². The predicted molar refractivity (Wildman–Crippen MR) is 88.4 cm³/mol. The summed E-state index contributed by atoms with van der Waals surface area (Å²) in [6.07, 6.45) is -0.840. The Balaban J connectivity index is 1.54. The van der Waals surface area contributed by atoms with Gasteiger partial charge in [-0.2, -0.15) is 18.3 Å². The van der Waals surface area contributed by atoms with Gasteiger partial charge < -0.3 is 10.2 Å². The van der Waals surface area contributed by atoms with Crippen LogP contribution in [0.4, 0.5) is 28.0 Å². The number of nitrogens with zero attached hydrogens (tertiary/aromatic N) is 3. The molecular formula is C17H13F4N5O. The lowest BCUT2D eigenvalue weighted by molar-refractivity contribution is -0.137. The average Bonchev–Trinajstić information content (AvgIpc) is 3.09. The van der Waals surface area contributed by atoms with E-state index in [1.807, 2.05) is 0 Å². The number of carbonyl (C=O) groups is 1. The van der Waals surface area contributed by atoms with Crippen LogP contribution in [0.3, 0.4) is 0 Å². The van der Waals surface area contributed by atoms with Crippen molar-refractivity contribution in [2.75, 3.05) is 11.9 Å². The number of hydrogen-bond donors (Lipinski definition) is 2. The van der Waals surface area contributed by atoms with Crippen LogP contribution in [0.1, 0.15) is 16.7 Å². The lowest BCUT2D eigenvalue weighted by Crippen LogP contribution is -2.39. The summed E-state index contributed by atoms with van der Waals surface area (Å²) in [7, 11) is 0. The standard InChI is InChI=1S/C17H13F4N5O/c18-11-3-10(17(19,20)21)4-12(5-11)24-16(27)26-2-1-13-9(8-26)6-22-15-14(13)7-23-25-15/h3-7H,1-2,8H2,(H,24,27)(H,22,23,25). The number of nitrogens with one attached hydrogen (secondary N) is 2. The third kappa shape index (κ3) is 3.29. The van der Waals surface area contributed by atoms with Gasteiger partial charge in [-0.25, -0.2) is 14.2 Å². The van der Waals surface area contributed by atoms with Gasteiger partial charge in [-0.1, -0.05) is 0 Å². The maximum absolute atomic E-state index is 13.5. The van der Waals surface area contributed by atoms with Crippen LogP contribution >= 0.6 is 0 Å². The second-order valence-corrected chi connectivity index (χ2v) is 6.22. The molecule has 0 saturated carbocycles. The summed E-state index contributed by atoms with van der Waals surface area (Å²) in [6.45, 7) is 0.612. The monoisotopic (exact) mass is 379 g/mol. The number of H-pyrrole nitrogens is 1. The van der Waals surface area contributed by atoms with E-state index >= 15 is 0 Å². The lowest BCUT2D eigenvalue weighted by atomic mass is 9.99. The number of fused-ring (bicyclic) bond motifs is 3. The molecule has 1 aliphatic heterocycles. The van der Waals surface area contributed by atoms with Crippen molar-refractivity contribution in [2.45, 2.75) is 19.1 Å². The minimum atomic E-state index is -4.70. The number of pyridine rings is 1. The molecule has 0 spiro atoms. The van der Waals surface area contributed by atoms with Crippen molar-refractivity contribution >= 4 is 22.8 Å². The van der Waals surface area contributed by atoms with E-state index in [9.17, 15) is 22.4 Å². The van der Waals surface area contributed by atoms with E-state index in [-0.39, 0.29) is 12.2 Å². The molecule has 2 aromatic heterocycles. The third-order valence-corrected chi connectivity index (χ3v) is 4.44. The van der Waals surface area contributed by atoms with Gasteiger partial charge in [0.25, 0.3) is 0 Å². The average molecular weight is 379 g/mol. The Kier molecular flexibility index (Phi) is 3.97. The van der Waals surface area contributed by atoms with Crippen molar-refractivity contribution in [3.63, 3.8) is 0 Å². The van der Waals surface area contributed by atoms with E-state index in [4.69, 9.17) is 0 Å². The van der Waals surface area contributed by atoms with Crippen molar-refractivity contribution in [2.24, 2.45) is 0 Å². The summed E-state index contributed by atoms with van der Waals surface area (Å²) in [5.74, 6) is -1.07. The molecule has 1 aromatic carbocycles. The smallest absolute Gasteiger partial charge is 0.320 e. The third-order valence-electron chi connectivity index (χ3n) is 4.44. The van der Waals surface area contributed by atoms with Crippen LogP contribution in [0.15, 0.2) is 30.6 Å². The molecule has 0 fully saturated rings. The Hall–Kier alpha value is -3.17. The topological polar surface area (TPSA) is 73.9 Å². The van der Waals surface area contributed by atoms with Gasteiger partial charge in [0.05, 0.1) is 11.8 Å². The summed E-state index contributed by atoms with van der Waals surface area (Å²) in [4.78, 5) is 18.1. The predicted octanol–water partition coefficient (Wildman–Crippen LogP) is 3.71. The number of halogens is 4. The van der Waals surface area contributed by atoms with E-state index in [1.165, 1.54) is 4.90 Å². The number of benzene rings is 1. The molecule has 1 aliphatic rings. The second kappa shape index (κ2) is 6.22. The Labute approximate surface area is 150 Å². The number of anilines is 1. The van der Waals surface area contributed by atoms with Gasteiger partial charge in [-0.05, 0) is 35.7 Å². The molecule has 140 valence electrons. The van der Waals surface area contributed by atoms with Crippen LogP contribution in [0.25, 0.3) is 11.0 Å². The molecule has 0 atom stereocenters. The number of amides is 2. The highest BCUT2D eigenvalue weighted by molar-refractivity contribution is 5.90. The van der Waals surface area contributed by atoms with Crippen LogP contribution in [0.2, 0.25) is 0 Å². The van der Waals surface area contributed by atoms with Gasteiger partial charge in [-0.3, -0.25) is 5.10 Å². The van der Waals surface area contributed by atoms with Crippen molar-refractivity contribution in [1.29, 1.82) is 0 Å². The first-order chi connectivity index (χ1) is 12.8. The molecule has 0 unspecified atom stereocenters. The van der Waals surface area contributed by atoms with Crippen LogP contribution in [0, 0.1) is 5.82 Å². The zero-order valence-corrected chi connectivity index (χ0v) is 13.8. The summed E-state index contributed by atoms with van der Waals surface area (Å²) < 4.78 is 51.9. The normalized spacial score (nSPS) is 14.3. The molecule has 2 N–H and O–H groups in total. The minimum Gasteiger partial charge on any atom is -0.320 e. The van der Waals surface area contributed by atoms with Crippen LogP contribution in [-0.2, 0) is 19.1 Å². The summed E-state index contributed by atoms with van der Waals surface area (Å²) in [5, 5.41) is 9.94. The van der Waals surface area contributed by atoms with E-state index in [2.05, 4.69) is 20.5 Å². The molecule has 27 heavy (non-hydrogen) atoms. The fourth-order valence-electron chi connectivity index (χ4n) is 3.16. The van der Waals surface area contributed by atoms with Crippen LogP contribution in [0.5, 0.6) is 0 Å². The summed E-state index contributed by atoms with van der Waals surface area (Å²) in [6, 6.07) is 1.33. The number of alkyl halides is 3. The molecule has 0 aliphatic carbocycles. The fourth-order valence-corrected chi connectivity index (χ4v) is 3.16. The van der Waals surface area contributed by atoms with Gasteiger partial charge >= 0.3 is 12.2 Å². The first kappa shape index (κ1) is 17.3. The zero-order valence-electron chi connectivity index (χ0n) is 13.8. The van der Waals surface area contributed by atoms with E-state index < -0.39 is 23.6 Å². The number of hydrogen-bond acceptors (Lipinski definition) is 3. The van der Waals surface area contributed by atoms with Crippen molar-refractivity contribution in [1.82, 2.24) is 20.1 Å². The maximum Gasteiger partial charge on any atom is 0.416 e. The highest BCUT2D eigenvalue weighted by Crippen LogP contribution is 2.32. The first-order valence-electron chi connectivity index (χ1n) is 8.05. The molecule has 2 amide bonds. The molecule has 10 heteroatoms. The van der Waals surface area contributed by atoms with Gasteiger partial charge in [0.15, 0.2) is 5.65 Å². The highest BCUT2D eigenvalue weighted by Gasteiger charge is 2.32. The Morgan fingerprint density at radius 1 is 1.22 bits per heavy atom. The van der Waals surface area contributed by atoms with Gasteiger partial charge in [-0.15, -0.1) is 0 Å². The van der Waals surface area contributed by atoms with Crippen LogP contribution in [-0.4, -0.2) is 32.7 Å². The molecule has 3 heterocycles. The van der Waals surface area contributed by atoms with Crippen molar-refractivity contribution in [3.05, 3.63) is 53.1 Å². The Bertz CT molecular complexity index is 1030. The molecular weight excluding hydrogens is 366 g/mol. The number of aromatic amines is 1. The molecule has 4 rings (SSSR count). The summed E-state index contributed by atoms with van der Waals surface area (Å²) >= 11 is 0. The largest absolute Gasteiger partial charge is 0.416 e. The molecule has 0 bridgehead atoms. The van der Waals surface area contributed by atoms with E-state index in [1.54, 1.807) is 12.4 Å². The Morgan fingerprint density at radius 2 is 2.04 bits per heavy atom. The van der Waals surface area contributed by atoms with Crippen molar-refractivity contribution < 1.29 is 22.4 Å². The summed E-state index contributed by atoms with van der Waals surface area (Å²) in [5.41, 5.74) is 1.12. The fraction of sp³-hybridized carbons (Fsp3) is 0.235. The quantitative estimate of drug-likeness (QED) is 0.633. The molecule has 0 saturated heterocycles. The second-order valence-electron chi connectivity index (χ2n) is 6.22. The molecule has 3 aromatic rings. The van der Waals surface area contributed by atoms with E-state index in [0.717, 1.165) is 22.6 Å². The SMILES string of the molecule is O=C(Nc1cc(F)cc(C(F)(F)F)c1)N1CCc2c(cnc3[nH]ncc23)C1. The number of carbonyl (C=O) groups excluding carboxylic acids is 1. The number of rotatable bonds is 1. The molecule has 6 nitrogen and oxygen atoms in total. The number of aromatic nitrogens is 3.